The highest BCUT2D eigenvalue weighted by Gasteiger charge is 2.30. The Labute approximate surface area is 152 Å². The van der Waals surface area contributed by atoms with Crippen molar-refractivity contribution >= 4 is 29.2 Å². The van der Waals surface area contributed by atoms with E-state index in [2.05, 4.69) is 10.6 Å². The van der Waals surface area contributed by atoms with E-state index >= 15 is 0 Å². The van der Waals surface area contributed by atoms with Gasteiger partial charge in [0.05, 0.1) is 0 Å². The van der Waals surface area contributed by atoms with Crippen LogP contribution in [-0.2, 0) is 11.3 Å². The summed E-state index contributed by atoms with van der Waals surface area (Å²) < 4.78 is 0. The van der Waals surface area contributed by atoms with Gasteiger partial charge in [-0.05, 0) is 29.8 Å². The molecular formula is C19H20ClN3O2. The van der Waals surface area contributed by atoms with E-state index in [9.17, 15) is 9.59 Å². The number of nitrogens with zero attached hydrogens (tertiary/aromatic N) is 1. The first-order chi connectivity index (χ1) is 12.1. The van der Waals surface area contributed by atoms with E-state index in [0.29, 0.717) is 31.1 Å². The Balaban J connectivity index is 1.45. The van der Waals surface area contributed by atoms with Crippen molar-refractivity contribution in [2.75, 3.05) is 18.0 Å². The number of nitrogens with one attached hydrogen (secondary N) is 2. The van der Waals surface area contributed by atoms with Crippen molar-refractivity contribution in [1.29, 1.82) is 0 Å². The van der Waals surface area contributed by atoms with E-state index in [4.69, 9.17) is 11.6 Å². The molecule has 1 aliphatic heterocycles. The molecule has 2 N–H and O–H groups in total. The number of carbonyl (C=O) groups excluding carboxylic acids is 2. The van der Waals surface area contributed by atoms with E-state index in [-0.39, 0.29) is 17.9 Å². The lowest BCUT2D eigenvalue weighted by molar-refractivity contribution is -0.117. The Morgan fingerprint density at radius 2 is 1.80 bits per heavy atom. The van der Waals surface area contributed by atoms with Gasteiger partial charge < -0.3 is 15.5 Å². The van der Waals surface area contributed by atoms with Crippen LogP contribution in [0.15, 0.2) is 54.6 Å². The minimum Gasteiger partial charge on any atom is -0.338 e. The molecule has 5 nitrogen and oxygen atoms in total. The molecule has 1 atom stereocenters. The zero-order valence-corrected chi connectivity index (χ0v) is 14.5. The largest absolute Gasteiger partial charge is 0.338 e. The summed E-state index contributed by atoms with van der Waals surface area (Å²) in [7, 11) is 0. The molecule has 3 amide bonds. The Kier molecular flexibility index (Phi) is 5.56. The Bertz CT molecular complexity index is 734. The van der Waals surface area contributed by atoms with Gasteiger partial charge in [-0.2, -0.15) is 0 Å². The second kappa shape index (κ2) is 8.03. The smallest absolute Gasteiger partial charge is 0.315 e. The minimum atomic E-state index is -0.221. The summed E-state index contributed by atoms with van der Waals surface area (Å²) in [5.41, 5.74) is 1.88. The summed E-state index contributed by atoms with van der Waals surface area (Å²) in [6, 6.07) is 16.7. The van der Waals surface area contributed by atoms with Gasteiger partial charge in [-0.15, -0.1) is 0 Å². The summed E-state index contributed by atoms with van der Waals surface area (Å²) in [5, 5.41) is 6.31. The molecule has 1 fully saturated rings. The maximum absolute atomic E-state index is 12.2. The molecule has 1 aliphatic rings. The molecular weight excluding hydrogens is 338 g/mol. The quantitative estimate of drug-likeness (QED) is 0.863. The summed E-state index contributed by atoms with van der Waals surface area (Å²) in [4.78, 5) is 25.8. The lowest BCUT2D eigenvalue weighted by Crippen LogP contribution is -2.38. The van der Waals surface area contributed by atoms with Gasteiger partial charge in [-0.25, -0.2) is 4.79 Å². The fraction of sp³-hybridized carbons (Fsp3) is 0.263. The summed E-state index contributed by atoms with van der Waals surface area (Å²) in [6.07, 6.45) is 0.432. The van der Waals surface area contributed by atoms with Crippen molar-refractivity contribution in [3.63, 3.8) is 0 Å². The minimum absolute atomic E-state index is 0.0683. The van der Waals surface area contributed by atoms with Crippen molar-refractivity contribution in [3.8, 4) is 0 Å². The third-order valence-electron chi connectivity index (χ3n) is 4.19. The van der Waals surface area contributed by atoms with E-state index in [1.165, 1.54) is 0 Å². The van der Waals surface area contributed by atoms with Crippen LogP contribution in [0.2, 0.25) is 5.02 Å². The molecule has 0 aliphatic carbocycles. The molecule has 0 spiro atoms. The molecule has 2 aromatic carbocycles. The Morgan fingerprint density at radius 1 is 1.08 bits per heavy atom. The van der Waals surface area contributed by atoms with E-state index in [1.54, 1.807) is 17.0 Å². The van der Waals surface area contributed by atoms with Crippen LogP contribution in [0.3, 0.4) is 0 Å². The monoisotopic (exact) mass is 357 g/mol. The highest BCUT2D eigenvalue weighted by molar-refractivity contribution is 6.30. The summed E-state index contributed by atoms with van der Waals surface area (Å²) in [6.45, 7) is 1.54. The molecule has 1 saturated heterocycles. The Hall–Kier alpha value is -2.53. The van der Waals surface area contributed by atoms with Gasteiger partial charge in [-0.1, -0.05) is 41.9 Å². The number of hydrogen-bond donors (Lipinski definition) is 2. The molecule has 1 heterocycles. The molecule has 0 aromatic heterocycles. The topological polar surface area (TPSA) is 61.4 Å². The van der Waals surface area contributed by atoms with Crippen LogP contribution in [0.25, 0.3) is 0 Å². The van der Waals surface area contributed by atoms with Crippen LogP contribution in [0, 0.1) is 5.92 Å². The van der Waals surface area contributed by atoms with Gasteiger partial charge in [0.2, 0.25) is 5.91 Å². The number of halogens is 1. The highest BCUT2D eigenvalue weighted by atomic mass is 35.5. The van der Waals surface area contributed by atoms with Crippen LogP contribution in [0.4, 0.5) is 10.5 Å². The predicted octanol–water partition coefficient (Wildman–Crippen LogP) is 3.19. The molecule has 130 valence electrons. The maximum atomic E-state index is 12.2. The molecule has 6 heteroatoms. The molecule has 0 radical (unpaired) electrons. The lowest BCUT2D eigenvalue weighted by atomic mass is 10.1. The average molecular weight is 358 g/mol. The van der Waals surface area contributed by atoms with Crippen molar-refractivity contribution in [1.82, 2.24) is 10.6 Å². The second-order valence-corrected chi connectivity index (χ2v) is 6.54. The number of amides is 3. The normalized spacial score (nSPS) is 16.8. The van der Waals surface area contributed by atoms with Crippen molar-refractivity contribution in [3.05, 3.63) is 65.2 Å². The van der Waals surface area contributed by atoms with Crippen LogP contribution in [0.1, 0.15) is 12.0 Å². The number of benzene rings is 2. The number of carbonyl (C=O) groups is 2. The number of hydrogen-bond acceptors (Lipinski definition) is 2. The number of rotatable bonds is 5. The zero-order valence-electron chi connectivity index (χ0n) is 13.7. The SMILES string of the molecule is O=C(NCc1ccccc1)NC[C@H]1CC(=O)N(c2ccc(Cl)cc2)C1. The first kappa shape index (κ1) is 17.3. The first-order valence-corrected chi connectivity index (χ1v) is 8.61. The fourth-order valence-corrected chi connectivity index (χ4v) is 2.99. The van der Waals surface area contributed by atoms with Crippen LogP contribution in [-0.4, -0.2) is 25.0 Å². The first-order valence-electron chi connectivity index (χ1n) is 8.23. The Morgan fingerprint density at radius 3 is 2.52 bits per heavy atom. The van der Waals surface area contributed by atoms with Gasteiger partial charge in [0.25, 0.3) is 0 Å². The van der Waals surface area contributed by atoms with Gasteiger partial charge in [-0.3, -0.25) is 4.79 Å². The van der Waals surface area contributed by atoms with Crippen molar-refractivity contribution in [2.45, 2.75) is 13.0 Å². The summed E-state index contributed by atoms with van der Waals surface area (Å²) in [5.74, 6) is 0.171. The zero-order chi connectivity index (χ0) is 17.6. The third kappa shape index (κ3) is 4.73. The fourth-order valence-electron chi connectivity index (χ4n) is 2.87. The number of anilines is 1. The maximum Gasteiger partial charge on any atom is 0.315 e. The van der Waals surface area contributed by atoms with E-state index in [0.717, 1.165) is 11.3 Å². The molecule has 0 saturated carbocycles. The molecule has 3 rings (SSSR count). The molecule has 2 aromatic rings. The molecule has 0 bridgehead atoms. The van der Waals surface area contributed by atoms with E-state index < -0.39 is 0 Å². The summed E-state index contributed by atoms with van der Waals surface area (Å²) >= 11 is 5.88. The van der Waals surface area contributed by atoms with E-state index in [1.807, 2.05) is 42.5 Å². The predicted molar refractivity (Wildman–Crippen MR) is 98.6 cm³/mol. The van der Waals surface area contributed by atoms with Gasteiger partial charge in [0, 0.05) is 42.7 Å². The highest BCUT2D eigenvalue weighted by Crippen LogP contribution is 2.25. The van der Waals surface area contributed by atoms with Crippen LogP contribution >= 0.6 is 11.6 Å². The molecule has 0 unspecified atom stereocenters. The van der Waals surface area contributed by atoms with Gasteiger partial charge in [0.15, 0.2) is 0 Å². The van der Waals surface area contributed by atoms with Crippen molar-refractivity contribution < 1.29 is 9.59 Å². The lowest BCUT2D eigenvalue weighted by Gasteiger charge is -2.17. The average Bonchev–Trinajstić information content (AvgIpc) is 3.00. The van der Waals surface area contributed by atoms with Crippen LogP contribution in [0.5, 0.6) is 0 Å². The molecule has 25 heavy (non-hydrogen) atoms. The number of urea groups is 1. The van der Waals surface area contributed by atoms with Crippen LogP contribution < -0.4 is 15.5 Å². The standard InChI is InChI=1S/C19H20ClN3O2/c20-16-6-8-17(9-7-16)23-13-15(10-18(23)24)12-22-19(25)21-11-14-4-2-1-3-5-14/h1-9,15H,10-13H2,(H2,21,22,25)/t15-/m1/s1. The van der Waals surface area contributed by atoms with Gasteiger partial charge >= 0.3 is 6.03 Å². The van der Waals surface area contributed by atoms with Crippen molar-refractivity contribution in [2.24, 2.45) is 5.92 Å². The second-order valence-electron chi connectivity index (χ2n) is 6.10. The third-order valence-corrected chi connectivity index (χ3v) is 4.44. The van der Waals surface area contributed by atoms with Gasteiger partial charge in [0.1, 0.15) is 0 Å².